The first-order valence-electron chi connectivity index (χ1n) is 12.2. The van der Waals surface area contributed by atoms with Gasteiger partial charge in [-0.25, -0.2) is 0 Å². The minimum atomic E-state index is 0. The van der Waals surface area contributed by atoms with Gasteiger partial charge >= 0.3 is 0 Å². The summed E-state index contributed by atoms with van der Waals surface area (Å²) >= 11 is 0. The minimum absolute atomic E-state index is 0. The number of amides is 1. The molecule has 3 aromatic rings. The standard InChI is InChI=1S/C29H36N2O3.ClH/c1-6-28(30(3)19-20(2)24-13-9-11-21-10-7-8-12-25(21)24)31-15-14-22-16-26(33-4)27(34-5)17-23(22)18-29(31)32;/h7-13,16-17,20,28H,6,14-15,18-19H2,1-5H3;1H. The van der Waals surface area contributed by atoms with Crippen molar-refractivity contribution in [3.05, 3.63) is 71.3 Å². The molecule has 1 aliphatic heterocycles. The van der Waals surface area contributed by atoms with Crippen LogP contribution < -0.4 is 9.47 Å². The Hall–Kier alpha value is -2.76. The van der Waals surface area contributed by atoms with Gasteiger partial charge in [0.2, 0.25) is 5.91 Å². The zero-order valence-corrected chi connectivity index (χ0v) is 22.2. The van der Waals surface area contributed by atoms with Gasteiger partial charge in [-0.3, -0.25) is 9.69 Å². The number of nitrogens with zero attached hydrogens (tertiary/aromatic N) is 2. The van der Waals surface area contributed by atoms with E-state index < -0.39 is 0 Å². The molecule has 0 spiro atoms. The quantitative estimate of drug-likeness (QED) is 0.402. The fourth-order valence-electron chi connectivity index (χ4n) is 5.41. The Morgan fingerprint density at radius 3 is 2.34 bits per heavy atom. The lowest BCUT2D eigenvalue weighted by Crippen LogP contribution is -2.50. The van der Waals surface area contributed by atoms with Crippen molar-refractivity contribution in [1.29, 1.82) is 0 Å². The molecule has 0 aromatic heterocycles. The molecule has 2 atom stereocenters. The van der Waals surface area contributed by atoms with E-state index in [2.05, 4.69) is 73.2 Å². The number of methoxy groups -OCH3 is 2. The first kappa shape index (κ1) is 26.8. The molecule has 188 valence electrons. The molecule has 1 heterocycles. The molecule has 0 aliphatic carbocycles. The number of likely N-dealkylation sites (N-methyl/N-ethyl adjacent to an activating group) is 1. The van der Waals surface area contributed by atoms with E-state index in [1.165, 1.54) is 16.3 Å². The van der Waals surface area contributed by atoms with E-state index in [-0.39, 0.29) is 24.5 Å². The molecule has 3 aromatic carbocycles. The predicted octanol–water partition coefficient (Wildman–Crippen LogP) is 5.68. The van der Waals surface area contributed by atoms with E-state index in [1.807, 2.05) is 12.1 Å². The van der Waals surface area contributed by atoms with Gasteiger partial charge in [-0.05, 0) is 65.4 Å². The summed E-state index contributed by atoms with van der Waals surface area (Å²) in [6.07, 6.45) is 2.14. The second kappa shape index (κ2) is 11.8. The number of hydrogen-bond donors (Lipinski definition) is 0. The molecule has 1 aliphatic rings. The Morgan fingerprint density at radius 1 is 1.00 bits per heavy atom. The fraction of sp³-hybridized carbons (Fsp3) is 0.414. The van der Waals surface area contributed by atoms with Crippen molar-refractivity contribution in [3.63, 3.8) is 0 Å². The average Bonchev–Trinajstić information content (AvgIpc) is 3.01. The van der Waals surface area contributed by atoms with Crippen LogP contribution in [0, 0.1) is 0 Å². The van der Waals surface area contributed by atoms with E-state index in [4.69, 9.17) is 9.47 Å². The largest absolute Gasteiger partial charge is 0.493 e. The van der Waals surface area contributed by atoms with Crippen molar-refractivity contribution in [2.45, 2.75) is 45.2 Å². The third-order valence-corrected chi connectivity index (χ3v) is 7.14. The Balaban J connectivity index is 0.00000342. The van der Waals surface area contributed by atoms with Gasteiger partial charge in [-0.1, -0.05) is 56.3 Å². The van der Waals surface area contributed by atoms with Crippen LogP contribution in [0.5, 0.6) is 11.5 Å². The number of ether oxygens (including phenoxy) is 2. The molecule has 0 saturated heterocycles. The first-order chi connectivity index (χ1) is 16.5. The summed E-state index contributed by atoms with van der Waals surface area (Å²) in [5, 5.41) is 2.58. The maximum absolute atomic E-state index is 13.4. The lowest BCUT2D eigenvalue weighted by atomic mass is 9.94. The summed E-state index contributed by atoms with van der Waals surface area (Å²) in [6.45, 7) is 6.03. The molecular formula is C29H37ClN2O3. The Morgan fingerprint density at radius 2 is 1.66 bits per heavy atom. The second-order valence-corrected chi connectivity index (χ2v) is 9.29. The minimum Gasteiger partial charge on any atom is -0.493 e. The van der Waals surface area contributed by atoms with Crippen molar-refractivity contribution in [2.75, 3.05) is 34.4 Å². The molecule has 0 N–H and O–H groups in total. The van der Waals surface area contributed by atoms with Crippen LogP contribution in [0.25, 0.3) is 10.8 Å². The van der Waals surface area contributed by atoms with Gasteiger partial charge in [-0.2, -0.15) is 0 Å². The molecule has 2 unspecified atom stereocenters. The second-order valence-electron chi connectivity index (χ2n) is 9.29. The monoisotopic (exact) mass is 496 g/mol. The van der Waals surface area contributed by atoms with Crippen molar-refractivity contribution >= 4 is 29.1 Å². The van der Waals surface area contributed by atoms with Gasteiger partial charge in [-0.15, -0.1) is 12.4 Å². The number of carbonyl (C=O) groups is 1. The number of benzene rings is 3. The normalized spacial score (nSPS) is 15.3. The molecule has 0 radical (unpaired) electrons. The van der Waals surface area contributed by atoms with Crippen molar-refractivity contribution in [3.8, 4) is 11.5 Å². The highest BCUT2D eigenvalue weighted by atomic mass is 35.5. The van der Waals surface area contributed by atoms with E-state index in [0.717, 1.165) is 36.3 Å². The number of fused-ring (bicyclic) bond motifs is 2. The SMILES string of the molecule is CCC(N(C)CC(C)c1cccc2ccccc12)N1CCc2cc(OC)c(OC)cc2CC1=O.Cl. The summed E-state index contributed by atoms with van der Waals surface area (Å²) in [5.74, 6) is 1.91. The Labute approximate surface area is 215 Å². The van der Waals surface area contributed by atoms with Gasteiger partial charge in [0.05, 0.1) is 26.8 Å². The molecule has 6 heteroatoms. The summed E-state index contributed by atoms with van der Waals surface area (Å²) in [6, 6.07) is 19.1. The average molecular weight is 497 g/mol. The van der Waals surface area contributed by atoms with E-state index >= 15 is 0 Å². The molecule has 4 rings (SSSR count). The van der Waals surface area contributed by atoms with Gasteiger partial charge in [0, 0.05) is 13.1 Å². The number of halogens is 1. The maximum Gasteiger partial charge on any atom is 0.228 e. The van der Waals surface area contributed by atoms with Crippen LogP contribution >= 0.6 is 12.4 Å². The lowest BCUT2D eigenvalue weighted by Gasteiger charge is -2.38. The van der Waals surface area contributed by atoms with Crippen molar-refractivity contribution < 1.29 is 14.3 Å². The van der Waals surface area contributed by atoms with Gasteiger partial charge < -0.3 is 14.4 Å². The van der Waals surface area contributed by atoms with Crippen LogP contribution in [0.15, 0.2) is 54.6 Å². The topological polar surface area (TPSA) is 42.0 Å². The maximum atomic E-state index is 13.4. The highest BCUT2D eigenvalue weighted by molar-refractivity contribution is 5.86. The molecule has 5 nitrogen and oxygen atoms in total. The van der Waals surface area contributed by atoms with Crippen LogP contribution in [0.3, 0.4) is 0 Å². The summed E-state index contributed by atoms with van der Waals surface area (Å²) in [4.78, 5) is 17.8. The van der Waals surface area contributed by atoms with Crippen LogP contribution in [-0.4, -0.2) is 56.2 Å². The fourth-order valence-corrected chi connectivity index (χ4v) is 5.41. The Kier molecular flexibility index (Phi) is 9.03. The van der Waals surface area contributed by atoms with Crippen LogP contribution in [0.1, 0.15) is 42.9 Å². The molecule has 0 bridgehead atoms. The lowest BCUT2D eigenvalue weighted by molar-refractivity contribution is -0.136. The number of rotatable bonds is 8. The van der Waals surface area contributed by atoms with Gasteiger partial charge in [0.1, 0.15) is 0 Å². The third-order valence-electron chi connectivity index (χ3n) is 7.14. The number of carbonyl (C=O) groups excluding carboxylic acids is 1. The molecule has 1 amide bonds. The van der Waals surface area contributed by atoms with Crippen molar-refractivity contribution in [1.82, 2.24) is 9.80 Å². The highest BCUT2D eigenvalue weighted by Crippen LogP contribution is 2.33. The summed E-state index contributed by atoms with van der Waals surface area (Å²) in [7, 11) is 5.43. The third kappa shape index (κ3) is 5.57. The van der Waals surface area contributed by atoms with E-state index in [0.29, 0.717) is 24.6 Å². The van der Waals surface area contributed by atoms with Crippen molar-refractivity contribution in [2.24, 2.45) is 0 Å². The van der Waals surface area contributed by atoms with Crippen LogP contribution in [0.4, 0.5) is 0 Å². The molecule has 0 fully saturated rings. The van der Waals surface area contributed by atoms with Crippen LogP contribution in [0.2, 0.25) is 0 Å². The van der Waals surface area contributed by atoms with E-state index in [9.17, 15) is 4.79 Å². The van der Waals surface area contributed by atoms with E-state index in [1.54, 1.807) is 14.2 Å². The Bertz CT molecular complexity index is 1160. The molecule has 0 saturated carbocycles. The number of hydrogen-bond acceptors (Lipinski definition) is 4. The highest BCUT2D eigenvalue weighted by Gasteiger charge is 2.30. The summed E-state index contributed by atoms with van der Waals surface area (Å²) < 4.78 is 11.0. The molecular weight excluding hydrogens is 460 g/mol. The van der Waals surface area contributed by atoms with Gasteiger partial charge in [0.25, 0.3) is 0 Å². The predicted molar refractivity (Wildman–Crippen MR) is 145 cm³/mol. The summed E-state index contributed by atoms with van der Waals surface area (Å²) in [5.41, 5.74) is 3.55. The molecule has 35 heavy (non-hydrogen) atoms. The first-order valence-corrected chi connectivity index (χ1v) is 12.2. The van der Waals surface area contributed by atoms with Gasteiger partial charge in [0.15, 0.2) is 11.5 Å². The zero-order valence-electron chi connectivity index (χ0n) is 21.4. The zero-order chi connectivity index (χ0) is 24.2. The van der Waals surface area contributed by atoms with Crippen LogP contribution in [-0.2, 0) is 17.6 Å². The smallest absolute Gasteiger partial charge is 0.228 e.